The number of nitrogens with zero attached hydrogens (tertiary/aromatic N) is 1. The van der Waals surface area contributed by atoms with Crippen LogP contribution in [0.5, 0.6) is 5.75 Å². The lowest BCUT2D eigenvalue weighted by atomic mass is 10.1. The van der Waals surface area contributed by atoms with E-state index in [0.29, 0.717) is 39.8 Å². The molecule has 150 valence electrons. The summed E-state index contributed by atoms with van der Waals surface area (Å²) < 4.78 is 7.25. The van der Waals surface area contributed by atoms with Crippen LogP contribution in [-0.2, 0) is 0 Å². The first-order valence-corrected chi connectivity index (χ1v) is 9.61. The second-order valence-electron chi connectivity index (χ2n) is 6.39. The molecule has 0 fully saturated rings. The molecule has 1 heterocycles. The summed E-state index contributed by atoms with van der Waals surface area (Å²) in [5.74, 6) is -0.166. The number of carbonyl (C=O) groups excluding carboxylic acids is 2. The Morgan fingerprint density at radius 1 is 1.07 bits per heavy atom. The number of rotatable bonds is 7. The van der Waals surface area contributed by atoms with Crippen LogP contribution in [0.1, 0.15) is 34.1 Å². The van der Waals surface area contributed by atoms with Crippen LogP contribution in [0.25, 0.3) is 5.69 Å². The van der Waals surface area contributed by atoms with Crippen molar-refractivity contribution >= 4 is 29.1 Å². The molecule has 2 amide bonds. The molecule has 0 aliphatic carbocycles. The van der Waals surface area contributed by atoms with E-state index >= 15 is 0 Å². The molecule has 0 aliphatic rings. The van der Waals surface area contributed by atoms with Gasteiger partial charge in [-0.25, -0.2) is 0 Å². The second-order valence-corrected chi connectivity index (χ2v) is 6.79. The van der Waals surface area contributed by atoms with Crippen molar-refractivity contribution in [1.29, 1.82) is 0 Å². The van der Waals surface area contributed by atoms with Gasteiger partial charge in [0.1, 0.15) is 5.75 Å². The van der Waals surface area contributed by atoms with Gasteiger partial charge in [-0.1, -0.05) is 24.6 Å². The summed E-state index contributed by atoms with van der Waals surface area (Å²) in [7, 11) is 1.50. The molecule has 0 spiro atoms. The van der Waals surface area contributed by atoms with E-state index in [1.807, 2.05) is 36.0 Å². The fourth-order valence-electron chi connectivity index (χ4n) is 2.86. The molecule has 3 aromatic rings. The fourth-order valence-corrected chi connectivity index (χ4v) is 3.12. The zero-order chi connectivity index (χ0) is 20.8. The van der Waals surface area contributed by atoms with Crippen molar-refractivity contribution in [2.24, 2.45) is 0 Å². The summed E-state index contributed by atoms with van der Waals surface area (Å²) in [5, 5.41) is 6.03. The number of hydrogen-bond acceptors (Lipinski definition) is 3. The van der Waals surface area contributed by atoms with Crippen LogP contribution >= 0.6 is 11.6 Å². The molecule has 0 aliphatic heterocycles. The molecule has 1 aromatic heterocycles. The van der Waals surface area contributed by atoms with Crippen LogP contribution in [0, 0.1) is 0 Å². The van der Waals surface area contributed by atoms with E-state index < -0.39 is 0 Å². The highest BCUT2D eigenvalue weighted by Gasteiger charge is 2.17. The molecular formula is C22H22ClN3O3. The Balaban J connectivity index is 1.84. The molecule has 0 unspecified atom stereocenters. The van der Waals surface area contributed by atoms with E-state index in [1.54, 1.807) is 36.4 Å². The molecule has 2 N–H and O–H groups in total. The minimum Gasteiger partial charge on any atom is -0.496 e. The van der Waals surface area contributed by atoms with Crippen LogP contribution in [-0.4, -0.2) is 30.0 Å². The lowest BCUT2D eigenvalue weighted by Crippen LogP contribution is -2.24. The minimum absolute atomic E-state index is 0.181. The van der Waals surface area contributed by atoms with Crippen molar-refractivity contribution < 1.29 is 14.3 Å². The van der Waals surface area contributed by atoms with Crippen molar-refractivity contribution in [1.82, 2.24) is 9.88 Å². The molecule has 0 radical (unpaired) electrons. The Kier molecular flexibility index (Phi) is 6.57. The second kappa shape index (κ2) is 9.30. The molecule has 0 saturated carbocycles. The summed E-state index contributed by atoms with van der Waals surface area (Å²) in [6, 6.07) is 13.8. The largest absolute Gasteiger partial charge is 0.496 e. The molecule has 2 aromatic carbocycles. The summed E-state index contributed by atoms with van der Waals surface area (Å²) in [6.07, 6.45) is 4.56. The number of benzene rings is 2. The minimum atomic E-state index is -0.381. The van der Waals surface area contributed by atoms with Gasteiger partial charge in [-0.15, -0.1) is 0 Å². The number of methoxy groups -OCH3 is 1. The highest BCUT2D eigenvalue weighted by atomic mass is 35.5. The number of nitrogens with one attached hydrogen (secondary N) is 2. The predicted octanol–water partition coefficient (Wildman–Crippen LogP) is 4.53. The van der Waals surface area contributed by atoms with Crippen molar-refractivity contribution in [3.63, 3.8) is 0 Å². The zero-order valence-corrected chi connectivity index (χ0v) is 17.0. The summed E-state index contributed by atoms with van der Waals surface area (Å²) in [5.41, 5.74) is 1.99. The summed E-state index contributed by atoms with van der Waals surface area (Å²) in [4.78, 5) is 25.0. The average molecular weight is 412 g/mol. The molecular weight excluding hydrogens is 390 g/mol. The van der Waals surface area contributed by atoms with Crippen LogP contribution in [0.2, 0.25) is 5.02 Å². The molecule has 7 heteroatoms. The third kappa shape index (κ3) is 4.78. The number of halogens is 1. The van der Waals surface area contributed by atoms with Crippen LogP contribution in [0.4, 0.5) is 5.69 Å². The maximum absolute atomic E-state index is 12.8. The Hall–Kier alpha value is -3.25. The number of anilines is 1. The maximum Gasteiger partial charge on any atom is 0.259 e. The monoisotopic (exact) mass is 411 g/mol. The molecule has 6 nitrogen and oxygen atoms in total. The van der Waals surface area contributed by atoms with Crippen LogP contribution in [0.15, 0.2) is 60.9 Å². The van der Waals surface area contributed by atoms with E-state index in [0.717, 1.165) is 6.42 Å². The number of ether oxygens (including phenoxy) is 1. The van der Waals surface area contributed by atoms with Gasteiger partial charge in [0.05, 0.1) is 23.4 Å². The van der Waals surface area contributed by atoms with E-state index in [9.17, 15) is 9.59 Å². The van der Waals surface area contributed by atoms with Gasteiger partial charge in [-0.05, 0) is 42.8 Å². The lowest BCUT2D eigenvalue weighted by molar-refractivity contribution is 0.0952. The molecule has 0 bridgehead atoms. The van der Waals surface area contributed by atoms with E-state index in [4.69, 9.17) is 16.3 Å². The van der Waals surface area contributed by atoms with Crippen molar-refractivity contribution in [3.05, 3.63) is 77.1 Å². The Morgan fingerprint density at radius 2 is 1.83 bits per heavy atom. The third-order valence-electron chi connectivity index (χ3n) is 4.31. The van der Waals surface area contributed by atoms with Crippen LogP contribution in [0.3, 0.4) is 0 Å². The van der Waals surface area contributed by atoms with Gasteiger partial charge in [0, 0.05) is 36.3 Å². The first-order chi connectivity index (χ1) is 14.0. The number of aromatic nitrogens is 1. The first-order valence-electron chi connectivity index (χ1n) is 9.24. The Morgan fingerprint density at radius 3 is 2.52 bits per heavy atom. The zero-order valence-electron chi connectivity index (χ0n) is 16.2. The summed E-state index contributed by atoms with van der Waals surface area (Å²) >= 11 is 6.40. The highest BCUT2D eigenvalue weighted by molar-refractivity contribution is 6.33. The van der Waals surface area contributed by atoms with Crippen LogP contribution < -0.4 is 15.4 Å². The molecule has 29 heavy (non-hydrogen) atoms. The van der Waals surface area contributed by atoms with Gasteiger partial charge in [0.15, 0.2) is 0 Å². The van der Waals surface area contributed by atoms with Gasteiger partial charge < -0.3 is 19.9 Å². The number of carbonyl (C=O) groups is 2. The maximum atomic E-state index is 12.8. The highest BCUT2D eigenvalue weighted by Crippen LogP contribution is 2.30. The summed E-state index contributed by atoms with van der Waals surface area (Å²) in [6.45, 7) is 2.58. The topological polar surface area (TPSA) is 72.4 Å². The van der Waals surface area contributed by atoms with Gasteiger partial charge in [0.2, 0.25) is 0 Å². The Labute approximate surface area is 174 Å². The van der Waals surface area contributed by atoms with Crippen molar-refractivity contribution in [2.75, 3.05) is 19.0 Å². The van der Waals surface area contributed by atoms with Crippen molar-refractivity contribution in [2.45, 2.75) is 13.3 Å². The van der Waals surface area contributed by atoms with E-state index in [2.05, 4.69) is 10.6 Å². The normalized spacial score (nSPS) is 10.4. The molecule has 0 atom stereocenters. The van der Waals surface area contributed by atoms with Gasteiger partial charge in [-0.3, -0.25) is 9.59 Å². The number of hydrogen-bond donors (Lipinski definition) is 2. The van der Waals surface area contributed by atoms with E-state index in [1.165, 1.54) is 7.11 Å². The first kappa shape index (κ1) is 20.5. The quantitative estimate of drug-likeness (QED) is 0.599. The lowest BCUT2D eigenvalue weighted by Gasteiger charge is -2.14. The standard InChI is InChI=1S/C22H22ClN3O3/c1-3-9-24-21(27)15-7-6-8-16(12-15)25-22(28)17-13-18(23)19(14-20(17)29-2)26-10-4-5-11-26/h4-8,10-14H,3,9H2,1-2H3,(H,24,27)(H,25,28). The Bertz CT molecular complexity index is 1020. The van der Waals surface area contributed by atoms with Gasteiger partial charge in [-0.2, -0.15) is 0 Å². The SMILES string of the molecule is CCCNC(=O)c1cccc(NC(=O)c2cc(Cl)c(-n3cccc3)cc2OC)c1. The average Bonchev–Trinajstić information content (AvgIpc) is 3.26. The predicted molar refractivity (Wildman–Crippen MR) is 114 cm³/mol. The molecule has 0 saturated heterocycles. The smallest absolute Gasteiger partial charge is 0.259 e. The van der Waals surface area contributed by atoms with Gasteiger partial charge >= 0.3 is 0 Å². The van der Waals surface area contributed by atoms with Crippen molar-refractivity contribution in [3.8, 4) is 11.4 Å². The van der Waals surface area contributed by atoms with E-state index in [-0.39, 0.29) is 11.8 Å². The number of amides is 2. The third-order valence-corrected chi connectivity index (χ3v) is 4.62. The van der Waals surface area contributed by atoms with Gasteiger partial charge in [0.25, 0.3) is 11.8 Å². The molecule has 3 rings (SSSR count). The fraction of sp³-hybridized carbons (Fsp3) is 0.182.